The second-order valence-electron chi connectivity index (χ2n) is 14.3. The lowest BCUT2D eigenvalue weighted by molar-refractivity contribution is -0.142. The summed E-state index contributed by atoms with van der Waals surface area (Å²) in [7, 11) is 0. The molecule has 0 spiro atoms. The van der Waals surface area contributed by atoms with Crippen molar-refractivity contribution in [2.24, 2.45) is 5.73 Å². The zero-order valence-corrected chi connectivity index (χ0v) is 34.8. The summed E-state index contributed by atoms with van der Waals surface area (Å²) >= 11 is 0. The second kappa shape index (κ2) is 26.1. The molecule has 65 heavy (non-hydrogen) atoms. The fraction of sp³-hybridized carbons (Fsp3) is 0.514. The number of H-pyrrole nitrogens is 1. The van der Waals surface area contributed by atoms with E-state index in [0.717, 1.165) is 13.8 Å². The molecule has 0 aliphatic carbocycles. The first-order valence-corrected chi connectivity index (χ1v) is 19.5. The fourth-order valence-corrected chi connectivity index (χ4v) is 5.64. The van der Waals surface area contributed by atoms with Crippen molar-refractivity contribution in [2.45, 2.75) is 87.2 Å². The van der Waals surface area contributed by atoms with Gasteiger partial charge in [0.1, 0.15) is 54.4 Å². The van der Waals surface area contributed by atoms with Gasteiger partial charge in [-0.15, -0.1) is 0 Å². The molecule has 1 aromatic carbocycles. The van der Waals surface area contributed by atoms with Crippen LogP contribution in [0.2, 0.25) is 0 Å². The third-order valence-corrected chi connectivity index (χ3v) is 9.33. The van der Waals surface area contributed by atoms with E-state index < -0.39 is 159 Å². The lowest BCUT2D eigenvalue weighted by atomic mass is 10.0. The first-order chi connectivity index (χ1) is 30.6. The zero-order valence-electron chi connectivity index (χ0n) is 34.8. The molecule has 0 aliphatic rings. The van der Waals surface area contributed by atoms with Crippen LogP contribution in [0.15, 0.2) is 30.5 Å². The number of hydrogen-bond donors (Lipinski definition) is 18. The van der Waals surface area contributed by atoms with E-state index in [0.29, 0.717) is 16.5 Å². The van der Waals surface area contributed by atoms with Gasteiger partial charge in [-0.3, -0.25) is 47.9 Å². The lowest BCUT2D eigenvalue weighted by Gasteiger charge is -2.27. The van der Waals surface area contributed by atoms with Crippen LogP contribution in [0.25, 0.3) is 10.9 Å². The van der Waals surface area contributed by atoms with Gasteiger partial charge in [0.2, 0.25) is 47.3 Å². The smallest absolute Gasteiger partial charge is 0.325 e. The number of nitrogens with one attached hydrogen (secondary N) is 9. The molecule has 0 fully saturated rings. The summed E-state index contributed by atoms with van der Waals surface area (Å²) in [6.07, 6.45) is -1.70. The number of hydrogen-bond acceptors (Lipinski definition) is 17. The molecule has 360 valence electrons. The van der Waals surface area contributed by atoms with E-state index >= 15 is 0 Å². The minimum atomic E-state index is -2.08. The molecular weight excluding hydrogens is 872 g/mol. The Hall–Kier alpha value is -6.82. The fourth-order valence-electron chi connectivity index (χ4n) is 5.64. The summed E-state index contributed by atoms with van der Waals surface area (Å²) in [5, 5.41) is 94.6. The number of amides is 8. The van der Waals surface area contributed by atoms with Crippen LogP contribution in [-0.2, 0) is 54.4 Å². The molecule has 1 heterocycles. The van der Waals surface area contributed by atoms with E-state index in [1.54, 1.807) is 24.3 Å². The summed E-state index contributed by atoms with van der Waals surface area (Å²) in [5.41, 5.74) is 6.42. The van der Waals surface area contributed by atoms with Gasteiger partial charge in [0.05, 0.1) is 45.6 Å². The molecule has 8 amide bonds. The van der Waals surface area contributed by atoms with E-state index in [4.69, 9.17) is 15.9 Å². The second-order valence-corrected chi connectivity index (χ2v) is 14.3. The largest absolute Gasteiger partial charge is 0.481 e. The highest BCUT2D eigenvalue weighted by Gasteiger charge is 2.36. The Bertz CT molecular complexity index is 2030. The van der Waals surface area contributed by atoms with Crippen molar-refractivity contribution in [3.05, 3.63) is 36.0 Å². The van der Waals surface area contributed by atoms with Crippen molar-refractivity contribution in [1.29, 1.82) is 0 Å². The van der Waals surface area contributed by atoms with Gasteiger partial charge in [0, 0.05) is 23.5 Å². The van der Waals surface area contributed by atoms with Crippen molar-refractivity contribution in [2.75, 3.05) is 33.0 Å². The molecule has 0 saturated carbocycles. The van der Waals surface area contributed by atoms with Crippen LogP contribution in [0.3, 0.4) is 0 Å². The van der Waals surface area contributed by atoms with Crippen molar-refractivity contribution in [1.82, 2.24) is 47.5 Å². The number of benzene rings is 1. The molecule has 0 radical (unpaired) electrons. The highest BCUT2D eigenvalue weighted by Crippen LogP contribution is 2.19. The maximum atomic E-state index is 13.8. The Labute approximate surface area is 368 Å². The predicted molar refractivity (Wildman–Crippen MR) is 218 cm³/mol. The number of aliphatic hydroxyl groups excluding tert-OH is 6. The number of aromatic amines is 1. The number of para-hydroxylation sites is 1. The van der Waals surface area contributed by atoms with E-state index in [9.17, 15) is 78.6 Å². The Morgan fingerprint density at radius 2 is 0.969 bits per heavy atom. The Balaban J connectivity index is 2.33. The Kier molecular flexibility index (Phi) is 21.8. The van der Waals surface area contributed by atoms with Gasteiger partial charge in [0.25, 0.3) is 0 Å². The summed E-state index contributed by atoms with van der Waals surface area (Å²) in [6, 6.07) is -9.32. The standard InChI is InChI=1S/C37H54N10O18/c1-15(37(64)65)40-36(63)28(16(2)53)47-35(62)26(14-52)45-31(58)22(8-27(54)55)42-33(60)24(12-50)44-30(57)21(7-17-9-39-20-6-4-3-5-18(17)20)41-32(59)25(13-51)46-34(61)23(11-49)43-29(56)19(38)10-48/h3-6,9,15-16,19,21-26,28,39,48-53H,7-8,10-14,38H2,1-2H3,(H,40,63)(H,41,59)(H,42,60)(H,43,56)(H,44,57)(H,45,58)(H,46,61)(H,47,62)(H,54,55)(H,64,65)/t15-,16+,19-,21-,22-,23-,24-,25-,26-,28-/m0/s1. The third kappa shape index (κ3) is 16.4. The number of aliphatic hydroxyl groups is 6. The van der Waals surface area contributed by atoms with Crippen LogP contribution in [-0.4, -0.2) is 199 Å². The average Bonchev–Trinajstić information content (AvgIpc) is 3.67. The molecule has 1 aromatic heterocycles. The van der Waals surface area contributed by atoms with Crippen molar-refractivity contribution in [3.8, 4) is 0 Å². The first kappa shape index (κ1) is 54.3. The SMILES string of the molecule is C[C@H](NC(=O)[C@@H](NC(=O)[C@H](CO)NC(=O)[C@H](CC(=O)O)NC(=O)[C@H](CO)NC(=O)[C@H](Cc1c[nH]c2ccccc12)NC(=O)[C@H](CO)NC(=O)[C@H](CO)NC(=O)[C@@H](N)CO)[C@@H](C)O)C(=O)O. The van der Waals surface area contributed by atoms with Crippen molar-refractivity contribution in [3.63, 3.8) is 0 Å². The molecule has 10 atom stereocenters. The highest BCUT2D eigenvalue weighted by atomic mass is 16.4. The Morgan fingerprint density at radius 1 is 0.554 bits per heavy atom. The van der Waals surface area contributed by atoms with Gasteiger partial charge in [-0.2, -0.15) is 0 Å². The highest BCUT2D eigenvalue weighted by molar-refractivity contribution is 5.99. The predicted octanol–water partition coefficient (Wildman–Crippen LogP) is -9.16. The number of carbonyl (C=O) groups is 10. The van der Waals surface area contributed by atoms with E-state index in [1.807, 2.05) is 26.6 Å². The van der Waals surface area contributed by atoms with Gasteiger partial charge >= 0.3 is 11.9 Å². The maximum absolute atomic E-state index is 13.8. The number of aliphatic carboxylic acids is 2. The number of rotatable bonds is 27. The molecule has 0 bridgehead atoms. The topological polar surface area (TPSA) is 471 Å². The van der Waals surface area contributed by atoms with Gasteiger partial charge in [0.15, 0.2) is 0 Å². The summed E-state index contributed by atoms with van der Waals surface area (Å²) in [4.78, 5) is 130. The average molecular weight is 927 g/mol. The quantitative estimate of drug-likeness (QED) is 0.0395. The summed E-state index contributed by atoms with van der Waals surface area (Å²) in [5.74, 6) is -13.1. The number of nitrogens with two attached hydrogens (primary N) is 1. The normalized spacial score (nSPS) is 15.7. The summed E-state index contributed by atoms with van der Waals surface area (Å²) < 4.78 is 0. The molecule has 2 rings (SSSR count). The summed E-state index contributed by atoms with van der Waals surface area (Å²) in [6.45, 7) is -3.19. The van der Waals surface area contributed by atoms with E-state index in [2.05, 4.69) is 20.9 Å². The van der Waals surface area contributed by atoms with Crippen LogP contribution >= 0.6 is 0 Å². The molecular formula is C37H54N10O18. The van der Waals surface area contributed by atoms with Gasteiger partial charge in [-0.1, -0.05) is 18.2 Å². The van der Waals surface area contributed by atoms with Gasteiger partial charge in [-0.25, -0.2) is 0 Å². The molecule has 28 heteroatoms. The van der Waals surface area contributed by atoms with Crippen molar-refractivity contribution < 1.29 is 88.8 Å². The third-order valence-electron chi connectivity index (χ3n) is 9.33. The number of carboxylic acid groups (broad SMARTS) is 2. The van der Waals surface area contributed by atoms with Gasteiger partial charge in [-0.05, 0) is 25.5 Å². The monoisotopic (exact) mass is 926 g/mol. The van der Waals surface area contributed by atoms with E-state index in [1.165, 1.54) is 6.20 Å². The minimum absolute atomic E-state index is 0.355. The lowest BCUT2D eigenvalue weighted by Crippen LogP contribution is -2.62. The molecule has 0 unspecified atom stereocenters. The molecule has 2 aromatic rings. The van der Waals surface area contributed by atoms with Crippen LogP contribution in [0.5, 0.6) is 0 Å². The van der Waals surface area contributed by atoms with Crippen LogP contribution in [0, 0.1) is 0 Å². The van der Waals surface area contributed by atoms with Gasteiger partial charge < -0.3 is 94.1 Å². The minimum Gasteiger partial charge on any atom is -0.481 e. The Morgan fingerprint density at radius 3 is 1.42 bits per heavy atom. The van der Waals surface area contributed by atoms with Crippen LogP contribution in [0.1, 0.15) is 25.8 Å². The number of aromatic nitrogens is 1. The number of carbonyl (C=O) groups excluding carboxylic acids is 8. The molecule has 28 nitrogen and oxygen atoms in total. The molecule has 19 N–H and O–H groups in total. The number of carboxylic acids is 2. The molecule has 0 aliphatic heterocycles. The first-order valence-electron chi connectivity index (χ1n) is 19.5. The number of fused-ring (bicyclic) bond motifs is 1. The van der Waals surface area contributed by atoms with E-state index in [-0.39, 0.29) is 6.42 Å². The zero-order chi connectivity index (χ0) is 49.1. The maximum Gasteiger partial charge on any atom is 0.325 e. The van der Waals surface area contributed by atoms with Crippen LogP contribution in [0.4, 0.5) is 0 Å². The molecule has 0 saturated heterocycles. The van der Waals surface area contributed by atoms with Crippen LogP contribution < -0.4 is 48.3 Å². The van der Waals surface area contributed by atoms with Crippen molar-refractivity contribution >= 4 is 70.1 Å².